The molecule has 2 aromatic rings. The van der Waals surface area contributed by atoms with Crippen LogP contribution in [-0.4, -0.2) is 24.9 Å². The van der Waals surface area contributed by atoms with E-state index in [0.29, 0.717) is 16.9 Å². The van der Waals surface area contributed by atoms with Crippen LogP contribution in [0.5, 0.6) is 0 Å². The fourth-order valence-electron chi connectivity index (χ4n) is 2.00. The molecule has 4 amide bonds. The Labute approximate surface area is 143 Å². The molecule has 0 heterocycles. The predicted molar refractivity (Wildman–Crippen MR) is 92.4 cm³/mol. The van der Waals surface area contributed by atoms with Crippen molar-refractivity contribution in [3.8, 4) is 0 Å². The Balaban J connectivity index is 2.21. The van der Waals surface area contributed by atoms with Gasteiger partial charge in [-0.15, -0.1) is 0 Å². The lowest BCUT2D eigenvalue weighted by atomic mass is 10.1. The van der Waals surface area contributed by atoms with Gasteiger partial charge in [0.25, 0.3) is 11.8 Å². The molecule has 8 heteroatoms. The molecule has 0 fully saturated rings. The van der Waals surface area contributed by atoms with Gasteiger partial charge in [-0.25, -0.2) is 4.79 Å². The Hall–Kier alpha value is -3.06. The maximum absolute atomic E-state index is 12.3. The summed E-state index contributed by atoms with van der Waals surface area (Å²) in [4.78, 5) is 34.9. The van der Waals surface area contributed by atoms with Gasteiger partial charge in [0.05, 0.1) is 10.6 Å². The summed E-state index contributed by atoms with van der Waals surface area (Å²) in [5.74, 6) is -0.767. The maximum atomic E-state index is 12.3. The molecule has 0 atom stereocenters. The second kappa shape index (κ2) is 7.47. The van der Waals surface area contributed by atoms with Crippen molar-refractivity contribution in [2.75, 3.05) is 17.7 Å². The lowest BCUT2D eigenvalue weighted by Crippen LogP contribution is -2.20. The van der Waals surface area contributed by atoms with Crippen molar-refractivity contribution in [3.63, 3.8) is 0 Å². The highest BCUT2D eigenvalue weighted by Gasteiger charge is 2.12. The molecule has 2 aromatic carbocycles. The average molecular weight is 347 g/mol. The molecule has 0 aliphatic carbocycles. The van der Waals surface area contributed by atoms with Gasteiger partial charge in [-0.2, -0.15) is 0 Å². The lowest BCUT2D eigenvalue weighted by molar-refractivity contribution is 0.0961. The normalized spacial score (nSPS) is 9.92. The molecular weight excluding hydrogens is 332 g/mol. The highest BCUT2D eigenvalue weighted by molar-refractivity contribution is 6.34. The second-order valence-electron chi connectivity index (χ2n) is 4.80. The van der Waals surface area contributed by atoms with Crippen molar-refractivity contribution in [2.24, 2.45) is 5.73 Å². The summed E-state index contributed by atoms with van der Waals surface area (Å²) in [6.07, 6.45) is 0. The van der Waals surface area contributed by atoms with Crippen LogP contribution in [0.4, 0.5) is 16.2 Å². The van der Waals surface area contributed by atoms with E-state index < -0.39 is 11.9 Å². The second-order valence-corrected chi connectivity index (χ2v) is 5.21. The van der Waals surface area contributed by atoms with Crippen molar-refractivity contribution < 1.29 is 14.4 Å². The number of halogens is 1. The van der Waals surface area contributed by atoms with Gasteiger partial charge in [-0.3, -0.25) is 9.59 Å². The van der Waals surface area contributed by atoms with Gasteiger partial charge in [0.15, 0.2) is 0 Å². The maximum Gasteiger partial charge on any atom is 0.316 e. The van der Waals surface area contributed by atoms with Gasteiger partial charge in [0.2, 0.25) is 0 Å². The number of carbonyl (C=O) groups is 3. The van der Waals surface area contributed by atoms with Crippen molar-refractivity contribution >= 4 is 40.8 Å². The third-order valence-corrected chi connectivity index (χ3v) is 3.42. The van der Waals surface area contributed by atoms with Crippen molar-refractivity contribution in [1.29, 1.82) is 0 Å². The van der Waals surface area contributed by atoms with Gasteiger partial charge in [-0.1, -0.05) is 17.7 Å². The van der Waals surface area contributed by atoms with Crippen molar-refractivity contribution in [3.05, 3.63) is 58.6 Å². The van der Waals surface area contributed by atoms with Gasteiger partial charge in [0, 0.05) is 24.0 Å². The van der Waals surface area contributed by atoms with Gasteiger partial charge >= 0.3 is 6.03 Å². The minimum atomic E-state index is -0.722. The van der Waals surface area contributed by atoms with Gasteiger partial charge in [0.1, 0.15) is 0 Å². The summed E-state index contributed by atoms with van der Waals surface area (Å²) in [5.41, 5.74) is 6.43. The smallest absolute Gasteiger partial charge is 0.316 e. The third-order valence-electron chi connectivity index (χ3n) is 3.09. The summed E-state index contributed by atoms with van der Waals surface area (Å²) in [6.45, 7) is 0. The number of rotatable bonds is 4. The molecule has 7 nitrogen and oxygen atoms in total. The number of urea groups is 1. The van der Waals surface area contributed by atoms with E-state index in [9.17, 15) is 14.4 Å². The molecule has 0 radical (unpaired) electrons. The zero-order chi connectivity index (χ0) is 17.7. The summed E-state index contributed by atoms with van der Waals surface area (Å²) >= 11 is 5.97. The monoisotopic (exact) mass is 346 g/mol. The summed E-state index contributed by atoms with van der Waals surface area (Å²) in [7, 11) is 1.49. The quantitative estimate of drug-likeness (QED) is 0.681. The standard InChI is InChI=1S/C16H15ClN4O3/c1-19-15(23)12-8-11(5-6-13(12)17)20-14(22)9-3-2-4-10(7-9)21-16(18)24/h2-8H,1H3,(H,19,23)(H,20,22)(H3,18,21,24). The first-order valence-corrected chi connectivity index (χ1v) is 7.28. The Morgan fingerprint density at radius 3 is 2.33 bits per heavy atom. The molecule has 0 aromatic heterocycles. The number of carbonyl (C=O) groups excluding carboxylic acids is 3. The number of primary amides is 1. The molecule has 0 bridgehead atoms. The number of benzene rings is 2. The summed E-state index contributed by atoms with van der Waals surface area (Å²) in [5, 5.41) is 7.80. The zero-order valence-corrected chi connectivity index (χ0v) is 13.5. The minimum absolute atomic E-state index is 0.251. The van der Waals surface area contributed by atoms with Crippen LogP contribution in [0.3, 0.4) is 0 Å². The van der Waals surface area contributed by atoms with Crippen LogP contribution in [-0.2, 0) is 0 Å². The zero-order valence-electron chi connectivity index (χ0n) is 12.7. The Morgan fingerprint density at radius 1 is 0.958 bits per heavy atom. The lowest BCUT2D eigenvalue weighted by Gasteiger charge is -2.09. The molecule has 0 unspecified atom stereocenters. The number of amides is 4. The molecule has 0 saturated carbocycles. The SMILES string of the molecule is CNC(=O)c1cc(NC(=O)c2cccc(NC(N)=O)c2)ccc1Cl. The average Bonchev–Trinajstić information content (AvgIpc) is 2.55. The topological polar surface area (TPSA) is 113 Å². The number of anilines is 2. The van der Waals surface area contributed by atoms with Crippen molar-refractivity contribution in [2.45, 2.75) is 0 Å². The van der Waals surface area contributed by atoms with Gasteiger partial charge < -0.3 is 21.7 Å². The van der Waals surface area contributed by atoms with Crippen LogP contribution in [0, 0.1) is 0 Å². The number of hydrogen-bond acceptors (Lipinski definition) is 3. The fourth-order valence-corrected chi connectivity index (χ4v) is 2.20. The number of hydrogen-bond donors (Lipinski definition) is 4. The highest BCUT2D eigenvalue weighted by Crippen LogP contribution is 2.21. The van der Waals surface area contributed by atoms with Crippen LogP contribution >= 0.6 is 11.6 Å². The van der Waals surface area contributed by atoms with E-state index >= 15 is 0 Å². The molecule has 0 saturated heterocycles. The van der Waals surface area contributed by atoms with E-state index in [0.717, 1.165) is 0 Å². The van der Waals surface area contributed by atoms with Gasteiger partial charge in [-0.05, 0) is 36.4 Å². The summed E-state index contributed by atoms with van der Waals surface area (Å²) < 4.78 is 0. The first-order chi connectivity index (χ1) is 11.4. The van der Waals surface area contributed by atoms with E-state index in [-0.39, 0.29) is 16.5 Å². The summed E-state index contributed by atoms with van der Waals surface area (Å²) in [6, 6.07) is 10.1. The van der Waals surface area contributed by atoms with E-state index in [1.54, 1.807) is 24.3 Å². The highest BCUT2D eigenvalue weighted by atomic mass is 35.5. The Bertz CT molecular complexity index is 808. The van der Waals surface area contributed by atoms with E-state index in [4.69, 9.17) is 17.3 Å². The molecule has 24 heavy (non-hydrogen) atoms. The van der Waals surface area contributed by atoms with Crippen LogP contribution in [0.25, 0.3) is 0 Å². The fraction of sp³-hybridized carbons (Fsp3) is 0.0625. The van der Waals surface area contributed by atoms with Crippen LogP contribution in [0.1, 0.15) is 20.7 Å². The van der Waals surface area contributed by atoms with E-state index in [2.05, 4.69) is 16.0 Å². The van der Waals surface area contributed by atoms with Crippen LogP contribution in [0.2, 0.25) is 5.02 Å². The van der Waals surface area contributed by atoms with E-state index in [1.807, 2.05) is 0 Å². The largest absolute Gasteiger partial charge is 0.355 e. The Kier molecular flexibility index (Phi) is 5.39. The van der Waals surface area contributed by atoms with Crippen molar-refractivity contribution in [1.82, 2.24) is 5.32 Å². The first-order valence-electron chi connectivity index (χ1n) is 6.90. The minimum Gasteiger partial charge on any atom is -0.355 e. The Morgan fingerprint density at radius 2 is 1.67 bits per heavy atom. The molecule has 0 spiro atoms. The van der Waals surface area contributed by atoms with Crippen LogP contribution < -0.4 is 21.7 Å². The van der Waals surface area contributed by atoms with E-state index in [1.165, 1.54) is 25.2 Å². The molecule has 124 valence electrons. The van der Waals surface area contributed by atoms with Crippen LogP contribution in [0.15, 0.2) is 42.5 Å². The molecule has 0 aliphatic heterocycles. The third kappa shape index (κ3) is 4.23. The number of nitrogens with one attached hydrogen (secondary N) is 3. The first kappa shape index (κ1) is 17.3. The molecule has 0 aliphatic rings. The molecular formula is C16H15ClN4O3. The predicted octanol–water partition coefficient (Wildman–Crippen LogP) is 2.44. The molecule has 5 N–H and O–H groups in total. The molecule has 2 rings (SSSR count). The number of nitrogens with two attached hydrogens (primary N) is 1.